The van der Waals surface area contributed by atoms with E-state index in [0.29, 0.717) is 59.3 Å². The van der Waals surface area contributed by atoms with E-state index in [1.165, 1.54) is 18.2 Å². The van der Waals surface area contributed by atoms with Gasteiger partial charge in [-0.1, -0.05) is 24.3 Å². The number of rotatable bonds is 2. The molecule has 0 aliphatic carbocycles. The molecular formula is C30H23BF6N2NaO4. The molecular weight excluding hydrogens is 600 g/mol. The number of aromatic nitrogens is 2. The molecule has 6 rings (SSSR count). The fourth-order valence-corrected chi connectivity index (χ4v) is 4.41. The Kier molecular flexibility index (Phi) is 11.3. The summed E-state index contributed by atoms with van der Waals surface area (Å²) in [6.07, 6.45) is -8.91. The standard InChI is InChI=1S/C15H12F3NO2.C15H10F3NO2.B.Na.H/c2*16-15(17,18)10-3-1-2-9(8-10)11-4-5-13-14(19-11)12(20)6-7-21-13;;;/h1-5,8,12,20H,6-7H2;1-5,8H,6-7H2;;;/q;;;+1;-1. The molecule has 0 saturated carbocycles. The summed E-state index contributed by atoms with van der Waals surface area (Å²) < 4.78 is 87.0. The summed E-state index contributed by atoms with van der Waals surface area (Å²) in [4.78, 5) is 20.2. The van der Waals surface area contributed by atoms with Gasteiger partial charge in [-0.05, 0) is 48.5 Å². The predicted octanol–water partition coefficient (Wildman–Crippen LogP) is 4.05. The van der Waals surface area contributed by atoms with Crippen LogP contribution in [0.1, 0.15) is 47.7 Å². The van der Waals surface area contributed by atoms with Crippen molar-refractivity contribution < 1.29 is 76.7 Å². The third-order valence-corrected chi connectivity index (χ3v) is 6.53. The molecule has 14 heteroatoms. The van der Waals surface area contributed by atoms with Crippen molar-refractivity contribution in [2.75, 3.05) is 13.2 Å². The van der Waals surface area contributed by atoms with Crippen LogP contribution in [0.4, 0.5) is 26.3 Å². The van der Waals surface area contributed by atoms with E-state index in [1.54, 1.807) is 30.3 Å². The number of nitrogens with zero attached hydrogens (tertiary/aromatic N) is 2. The zero-order valence-electron chi connectivity index (χ0n) is 24.2. The number of alkyl halides is 6. The Morgan fingerprint density at radius 3 is 1.84 bits per heavy atom. The molecule has 2 aliphatic heterocycles. The molecule has 223 valence electrons. The maximum Gasteiger partial charge on any atom is 1.00 e. The van der Waals surface area contributed by atoms with Gasteiger partial charge in [0.05, 0.1) is 35.7 Å². The van der Waals surface area contributed by atoms with Crippen LogP contribution in [0, 0.1) is 0 Å². The molecule has 1 unspecified atom stereocenters. The molecule has 0 saturated heterocycles. The van der Waals surface area contributed by atoms with Gasteiger partial charge in [0.25, 0.3) is 0 Å². The second-order valence-corrected chi connectivity index (χ2v) is 9.45. The second kappa shape index (κ2) is 14.1. The van der Waals surface area contributed by atoms with E-state index in [0.717, 1.165) is 24.3 Å². The number of carbonyl (C=O) groups excluding carboxylic acids is 1. The number of ether oxygens (including phenoxy) is 2. The number of Topliss-reactive ketones (excluding diaryl/α,β-unsaturated/α-hetero) is 1. The molecule has 2 aromatic heterocycles. The molecule has 0 bridgehead atoms. The maximum absolute atomic E-state index is 12.7. The van der Waals surface area contributed by atoms with Crippen LogP contribution in [0.2, 0.25) is 0 Å². The normalized spacial score (nSPS) is 15.5. The average Bonchev–Trinajstić information content (AvgIpc) is 2.97. The fourth-order valence-electron chi connectivity index (χ4n) is 4.41. The number of halogens is 6. The number of hydrogen-bond donors (Lipinski definition) is 1. The molecule has 2 aromatic carbocycles. The smallest absolute Gasteiger partial charge is 1.00 e. The van der Waals surface area contributed by atoms with E-state index < -0.39 is 29.6 Å². The Balaban J connectivity index is 0.000000294. The van der Waals surface area contributed by atoms with Crippen molar-refractivity contribution in [1.82, 2.24) is 9.97 Å². The quantitative estimate of drug-likeness (QED) is 0.268. The first-order valence-electron chi connectivity index (χ1n) is 12.7. The van der Waals surface area contributed by atoms with Gasteiger partial charge in [0, 0.05) is 32.4 Å². The second-order valence-electron chi connectivity index (χ2n) is 9.45. The number of benzene rings is 2. The van der Waals surface area contributed by atoms with E-state index in [1.807, 2.05) is 0 Å². The summed E-state index contributed by atoms with van der Waals surface area (Å²) in [5.74, 6) is 0.691. The van der Waals surface area contributed by atoms with Crippen LogP contribution in [-0.4, -0.2) is 42.5 Å². The van der Waals surface area contributed by atoms with Crippen molar-refractivity contribution in [3.63, 3.8) is 0 Å². The van der Waals surface area contributed by atoms with E-state index in [-0.39, 0.29) is 57.3 Å². The Morgan fingerprint density at radius 1 is 0.750 bits per heavy atom. The molecule has 6 nitrogen and oxygen atoms in total. The third kappa shape index (κ3) is 8.00. The monoisotopic (exact) mass is 623 g/mol. The van der Waals surface area contributed by atoms with E-state index in [2.05, 4.69) is 9.97 Å². The van der Waals surface area contributed by atoms with Crippen LogP contribution >= 0.6 is 0 Å². The zero-order valence-corrected chi connectivity index (χ0v) is 25.2. The van der Waals surface area contributed by atoms with Gasteiger partial charge in [-0.3, -0.25) is 4.79 Å². The van der Waals surface area contributed by atoms with Gasteiger partial charge < -0.3 is 16.0 Å². The summed E-state index contributed by atoms with van der Waals surface area (Å²) in [6, 6.07) is 16.1. The predicted molar refractivity (Wildman–Crippen MR) is 146 cm³/mol. The number of ketones is 1. The Labute approximate surface area is 273 Å². The van der Waals surface area contributed by atoms with Gasteiger partial charge in [0.15, 0.2) is 5.78 Å². The zero-order chi connectivity index (χ0) is 30.1. The molecule has 44 heavy (non-hydrogen) atoms. The van der Waals surface area contributed by atoms with E-state index in [4.69, 9.17) is 9.47 Å². The SMILES string of the molecule is O=C1CCOc2ccc(-c3cccc(C(F)(F)F)c3)nc21.OC1CCOc2ccc(-c3cccc(C(F)(F)F)c3)nc21.[B].[H-].[Na+]. The number of aliphatic hydroxyl groups is 1. The molecule has 3 radical (unpaired) electrons. The van der Waals surface area contributed by atoms with Crippen LogP contribution in [0.25, 0.3) is 22.5 Å². The number of carbonyl (C=O) groups is 1. The first kappa shape index (κ1) is 35.1. The topological polar surface area (TPSA) is 81.5 Å². The van der Waals surface area contributed by atoms with Crippen LogP contribution < -0.4 is 39.0 Å². The minimum absolute atomic E-state index is 0. The largest absolute Gasteiger partial charge is 1.00 e. The molecule has 4 heterocycles. The van der Waals surface area contributed by atoms with Crippen molar-refractivity contribution in [3.8, 4) is 34.0 Å². The maximum atomic E-state index is 12.7. The Hall–Kier alpha value is -3.39. The first-order chi connectivity index (χ1) is 19.9. The number of pyridine rings is 2. The first-order valence-corrected chi connectivity index (χ1v) is 12.7. The van der Waals surface area contributed by atoms with Crippen LogP contribution in [0.15, 0.2) is 72.8 Å². The molecule has 4 aromatic rings. The molecule has 1 atom stereocenters. The van der Waals surface area contributed by atoms with Crippen molar-refractivity contribution in [2.45, 2.75) is 31.3 Å². The summed E-state index contributed by atoms with van der Waals surface area (Å²) in [7, 11) is 0. The minimum Gasteiger partial charge on any atom is -1.00 e. The van der Waals surface area contributed by atoms with Crippen molar-refractivity contribution in [2.24, 2.45) is 0 Å². The van der Waals surface area contributed by atoms with Crippen molar-refractivity contribution >= 4 is 14.2 Å². The summed E-state index contributed by atoms with van der Waals surface area (Å²) in [6.45, 7) is 0.704. The van der Waals surface area contributed by atoms with Gasteiger partial charge in [0.2, 0.25) is 0 Å². The molecule has 2 aliphatic rings. The number of hydrogen-bond acceptors (Lipinski definition) is 6. The average molecular weight is 623 g/mol. The minimum atomic E-state index is -4.41. The van der Waals surface area contributed by atoms with E-state index >= 15 is 0 Å². The van der Waals surface area contributed by atoms with E-state index in [9.17, 15) is 36.2 Å². The Bertz CT molecular complexity index is 1640. The van der Waals surface area contributed by atoms with Crippen molar-refractivity contribution in [1.29, 1.82) is 0 Å². The number of fused-ring (bicyclic) bond motifs is 2. The molecule has 0 fully saturated rings. The molecule has 1 N–H and O–H groups in total. The summed E-state index contributed by atoms with van der Waals surface area (Å²) >= 11 is 0. The van der Waals surface area contributed by atoms with Gasteiger partial charge >= 0.3 is 41.9 Å². The van der Waals surface area contributed by atoms with Gasteiger partial charge in [0.1, 0.15) is 29.0 Å². The fraction of sp³-hybridized carbons (Fsp3) is 0.233. The van der Waals surface area contributed by atoms with Gasteiger partial charge in [-0.15, -0.1) is 0 Å². The van der Waals surface area contributed by atoms with Gasteiger partial charge in [-0.25, -0.2) is 9.97 Å². The van der Waals surface area contributed by atoms with Crippen LogP contribution in [-0.2, 0) is 12.4 Å². The Morgan fingerprint density at radius 2 is 1.27 bits per heavy atom. The third-order valence-electron chi connectivity index (χ3n) is 6.53. The summed E-state index contributed by atoms with van der Waals surface area (Å²) in [5, 5.41) is 9.89. The van der Waals surface area contributed by atoms with Crippen LogP contribution in [0.3, 0.4) is 0 Å². The van der Waals surface area contributed by atoms with Crippen LogP contribution in [0.5, 0.6) is 11.5 Å². The summed E-state index contributed by atoms with van der Waals surface area (Å²) in [5.41, 5.74) is 0.435. The number of aliphatic hydroxyl groups excluding tert-OH is 1. The molecule has 0 spiro atoms. The van der Waals surface area contributed by atoms with Gasteiger partial charge in [-0.2, -0.15) is 26.3 Å². The molecule has 0 amide bonds. The van der Waals surface area contributed by atoms with Crippen molar-refractivity contribution in [3.05, 3.63) is 95.3 Å².